The highest BCUT2D eigenvalue weighted by Gasteiger charge is 2.18. The maximum absolute atomic E-state index is 12.4. The molecule has 120 valence electrons. The molecular formula is C16H15N7O. The second-order valence-electron chi connectivity index (χ2n) is 5.66. The van der Waals surface area contributed by atoms with Crippen LogP contribution >= 0.6 is 0 Å². The number of hydrogen-bond acceptors (Lipinski definition) is 6. The Labute approximate surface area is 138 Å². The van der Waals surface area contributed by atoms with Crippen molar-refractivity contribution in [3.05, 3.63) is 65.9 Å². The van der Waals surface area contributed by atoms with E-state index in [0.29, 0.717) is 19.0 Å². The predicted octanol–water partition coefficient (Wildman–Crippen LogP) is 1.78. The van der Waals surface area contributed by atoms with Gasteiger partial charge in [0, 0.05) is 23.5 Å². The molecule has 0 amide bonds. The van der Waals surface area contributed by atoms with Gasteiger partial charge in [-0.15, -0.1) is 5.10 Å². The van der Waals surface area contributed by atoms with Crippen LogP contribution in [0.4, 0.5) is 0 Å². The van der Waals surface area contributed by atoms with Crippen molar-refractivity contribution in [2.45, 2.75) is 6.54 Å². The summed E-state index contributed by atoms with van der Waals surface area (Å²) in [7, 11) is 0. The van der Waals surface area contributed by atoms with E-state index in [1.165, 1.54) is 0 Å². The zero-order chi connectivity index (χ0) is 16.4. The molecule has 0 saturated carbocycles. The summed E-state index contributed by atoms with van der Waals surface area (Å²) in [6.45, 7) is 0.772. The molecule has 3 aromatic rings. The Hall–Kier alpha value is -3.10. The van der Waals surface area contributed by atoms with Gasteiger partial charge in [-0.05, 0) is 27.6 Å². The van der Waals surface area contributed by atoms with Crippen LogP contribution in [0.2, 0.25) is 0 Å². The number of rotatable bonds is 4. The van der Waals surface area contributed by atoms with Crippen molar-refractivity contribution < 1.29 is 4.65 Å². The van der Waals surface area contributed by atoms with Crippen LogP contribution in [0.25, 0.3) is 22.5 Å². The van der Waals surface area contributed by atoms with Gasteiger partial charge in [0.05, 0.1) is 6.20 Å². The lowest BCUT2D eigenvalue weighted by Crippen LogP contribution is -2.36. The number of quaternary nitrogens is 1. The number of tetrazole rings is 1. The number of hydrogen-bond donors (Lipinski definition) is 2. The first-order valence-electron chi connectivity index (χ1n) is 7.50. The van der Waals surface area contributed by atoms with Crippen LogP contribution in [0.15, 0.2) is 55.1 Å². The van der Waals surface area contributed by atoms with E-state index in [2.05, 4.69) is 30.9 Å². The Kier molecular flexibility index (Phi) is 3.52. The highest BCUT2D eigenvalue weighted by Crippen LogP contribution is 2.29. The smallest absolute Gasteiger partial charge is 0.181 e. The van der Waals surface area contributed by atoms with Crippen molar-refractivity contribution >= 4 is 0 Å². The van der Waals surface area contributed by atoms with Crippen molar-refractivity contribution in [2.75, 3.05) is 6.67 Å². The number of aromatic amines is 1. The fourth-order valence-electron chi connectivity index (χ4n) is 2.76. The molecule has 1 aliphatic rings. The highest BCUT2D eigenvalue weighted by molar-refractivity contribution is 5.79. The summed E-state index contributed by atoms with van der Waals surface area (Å²) in [4.78, 5) is 4.15. The fraction of sp³-hybridized carbons (Fsp3) is 0.125. The summed E-state index contributed by atoms with van der Waals surface area (Å²) in [5, 5.41) is 29.3. The standard InChI is InChI=1S/C16H15N7O/c24-23(8-7-18-11-23)10-12-1-3-13(4-2-12)14-5-6-17-9-15(14)16-19-21-22-20-16/h1-9,18H,10-11H2,(H,19,20,21,22). The van der Waals surface area contributed by atoms with Crippen molar-refractivity contribution in [3.8, 4) is 22.5 Å². The largest absolute Gasteiger partial charge is 0.626 e. The van der Waals surface area contributed by atoms with E-state index >= 15 is 0 Å². The molecule has 0 radical (unpaired) electrons. The van der Waals surface area contributed by atoms with Crippen molar-refractivity contribution in [2.24, 2.45) is 0 Å². The van der Waals surface area contributed by atoms with Crippen LogP contribution in [-0.2, 0) is 6.54 Å². The molecule has 24 heavy (non-hydrogen) atoms. The lowest BCUT2D eigenvalue weighted by molar-refractivity contribution is -0.839. The number of nitrogens with one attached hydrogen (secondary N) is 2. The Morgan fingerprint density at radius 1 is 1.12 bits per heavy atom. The summed E-state index contributed by atoms with van der Waals surface area (Å²) in [6, 6.07) is 9.86. The molecule has 8 heteroatoms. The van der Waals surface area contributed by atoms with Crippen LogP contribution in [0.5, 0.6) is 0 Å². The molecule has 0 aliphatic carbocycles. The van der Waals surface area contributed by atoms with Gasteiger partial charge in [0.25, 0.3) is 0 Å². The number of nitrogens with zero attached hydrogens (tertiary/aromatic N) is 5. The van der Waals surface area contributed by atoms with E-state index in [1.54, 1.807) is 24.8 Å². The lowest BCUT2D eigenvalue weighted by atomic mass is 10.00. The number of H-pyrrole nitrogens is 1. The van der Waals surface area contributed by atoms with Gasteiger partial charge in [-0.1, -0.05) is 24.3 Å². The second kappa shape index (κ2) is 5.84. The molecule has 8 nitrogen and oxygen atoms in total. The average molecular weight is 321 g/mol. The van der Waals surface area contributed by atoms with E-state index in [1.807, 2.05) is 30.3 Å². The summed E-state index contributed by atoms with van der Waals surface area (Å²) in [5.74, 6) is 0.569. The Bertz CT molecular complexity index is 860. The van der Waals surface area contributed by atoms with Crippen molar-refractivity contribution in [1.29, 1.82) is 0 Å². The molecule has 1 aliphatic heterocycles. The van der Waals surface area contributed by atoms with Gasteiger partial charge in [-0.2, -0.15) is 0 Å². The average Bonchev–Trinajstić information content (AvgIpc) is 3.28. The molecule has 0 saturated heterocycles. The Balaban J connectivity index is 1.63. The van der Waals surface area contributed by atoms with Crippen LogP contribution in [0.1, 0.15) is 5.56 Å². The topological polar surface area (TPSA) is 102 Å². The highest BCUT2D eigenvalue weighted by atomic mass is 16.5. The number of aromatic nitrogens is 5. The molecule has 2 N–H and O–H groups in total. The maximum atomic E-state index is 12.4. The number of hydroxylamine groups is 3. The van der Waals surface area contributed by atoms with Gasteiger partial charge in [-0.25, -0.2) is 5.10 Å². The Morgan fingerprint density at radius 2 is 2.00 bits per heavy atom. The normalized spacial score (nSPS) is 19.4. The predicted molar refractivity (Wildman–Crippen MR) is 87.3 cm³/mol. The molecule has 2 aromatic heterocycles. The summed E-state index contributed by atoms with van der Waals surface area (Å²) in [5.41, 5.74) is 3.80. The molecule has 1 unspecified atom stereocenters. The minimum Gasteiger partial charge on any atom is -0.626 e. The van der Waals surface area contributed by atoms with Gasteiger partial charge >= 0.3 is 0 Å². The molecule has 1 atom stereocenters. The monoisotopic (exact) mass is 321 g/mol. The molecule has 0 bridgehead atoms. The molecule has 0 spiro atoms. The van der Waals surface area contributed by atoms with Gasteiger partial charge in [0.1, 0.15) is 12.7 Å². The minimum absolute atomic E-state index is 0.370. The van der Waals surface area contributed by atoms with Crippen LogP contribution in [0.3, 0.4) is 0 Å². The van der Waals surface area contributed by atoms with Gasteiger partial charge in [0.15, 0.2) is 12.5 Å². The summed E-state index contributed by atoms with van der Waals surface area (Å²) < 4.78 is -0.385. The molecule has 1 aromatic carbocycles. The van der Waals surface area contributed by atoms with Gasteiger partial charge in [0.2, 0.25) is 0 Å². The molecule has 3 heterocycles. The van der Waals surface area contributed by atoms with E-state index in [4.69, 9.17) is 0 Å². The summed E-state index contributed by atoms with van der Waals surface area (Å²) in [6.07, 6.45) is 6.79. The second-order valence-corrected chi connectivity index (χ2v) is 5.66. The fourth-order valence-corrected chi connectivity index (χ4v) is 2.76. The number of benzene rings is 1. The van der Waals surface area contributed by atoms with Crippen molar-refractivity contribution in [1.82, 2.24) is 30.9 Å². The SMILES string of the molecule is [O-][N+]1(Cc2ccc(-c3ccncc3-c3nnn[nH]3)cc2)C=CNC1. The number of pyridine rings is 1. The first-order valence-corrected chi connectivity index (χ1v) is 7.50. The van der Waals surface area contributed by atoms with E-state index < -0.39 is 0 Å². The van der Waals surface area contributed by atoms with Crippen LogP contribution in [0, 0.1) is 5.21 Å². The lowest BCUT2D eigenvalue weighted by Gasteiger charge is -2.34. The zero-order valence-corrected chi connectivity index (χ0v) is 12.8. The maximum Gasteiger partial charge on any atom is 0.181 e. The van der Waals surface area contributed by atoms with Crippen molar-refractivity contribution in [3.63, 3.8) is 0 Å². The van der Waals surface area contributed by atoms with E-state index in [-0.39, 0.29) is 4.65 Å². The minimum atomic E-state index is -0.385. The molecular weight excluding hydrogens is 306 g/mol. The third-order valence-corrected chi connectivity index (χ3v) is 3.96. The molecule has 0 fully saturated rings. The first kappa shape index (κ1) is 14.5. The zero-order valence-electron chi connectivity index (χ0n) is 12.8. The van der Waals surface area contributed by atoms with Gasteiger partial charge in [-0.3, -0.25) is 4.98 Å². The van der Waals surface area contributed by atoms with E-state index in [9.17, 15) is 5.21 Å². The first-order chi connectivity index (χ1) is 11.7. The van der Waals surface area contributed by atoms with Crippen LogP contribution in [-0.4, -0.2) is 36.9 Å². The molecule has 4 rings (SSSR count). The summed E-state index contributed by atoms with van der Waals surface area (Å²) >= 11 is 0. The van der Waals surface area contributed by atoms with E-state index in [0.717, 1.165) is 22.3 Å². The quantitative estimate of drug-likeness (QED) is 0.561. The van der Waals surface area contributed by atoms with Gasteiger partial charge < -0.3 is 15.2 Å². The Morgan fingerprint density at radius 3 is 2.71 bits per heavy atom. The third-order valence-electron chi connectivity index (χ3n) is 3.96. The third kappa shape index (κ3) is 2.75. The van der Waals surface area contributed by atoms with Crippen LogP contribution < -0.4 is 5.32 Å².